The second kappa shape index (κ2) is 10.0. The molecule has 2 fully saturated rings. The molecule has 0 spiro atoms. The lowest BCUT2D eigenvalue weighted by Gasteiger charge is -2.48. The summed E-state index contributed by atoms with van der Waals surface area (Å²) in [5.74, 6) is -0.851. The van der Waals surface area contributed by atoms with Crippen LogP contribution in [0.4, 0.5) is 4.79 Å². The minimum absolute atomic E-state index is 0.0241. The van der Waals surface area contributed by atoms with E-state index in [1.807, 2.05) is 44.2 Å². The number of hydrogen-bond acceptors (Lipinski definition) is 6. The number of rotatable bonds is 6. The third kappa shape index (κ3) is 6.16. The van der Waals surface area contributed by atoms with Gasteiger partial charge in [0.15, 0.2) is 14.1 Å². The van der Waals surface area contributed by atoms with Gasteiger partial charge in [-0.1, -0.05) is 51.1 Å². The lowest BCUT2D eigenvalue weighted by atomic mass is 9.92. The number of aliphatic hydroxyl groups excluding tert-OH is 1. The molecule has 33 heavy (non-hydrogen) atoms. The Morgan fingerprint density at radius 3 is 2.48 bits per heavy atom. The molecule has 1 amide bonds. The molecule has 0 unspecified atom stereocenters. The van der Waals surface area contributed by atoms with Gasteiger partial charge in [0.1, 0.15) is 18.8 Å². The number of amides is 1. The highest BCUT2D eigenvalue weighted by Crippen LogP contribution is 2.41. The maximum Gasteiger partial charge on any atom is 0.410 e. The molecule has 1 aromatic rings. The number of ether oxygens (including phenoxy) is 3. The number of nitrogens with zero attached hydrogens (tertiary/aromatic N) is 1. The minimum Gasteiger partial charge on any atom is -0.445 e. The number of carbonyl (C=O) groups excluding carboxylic acids is 1. The van der Waals surface area contributed by atoms with Crippen molar-refractivity contribution in [3.05, 3.63) is 35.9 Å². The molecule has 1 N–H and O–H groups in total. The van der Waals surface area contributed by atoms with E-state index in [2.05, 4.69) is 33.9 Å². The zero-order valence-electron chi connectivity index (χ0n) is 21.2. The molecule has 0 radical (unpaired) electrons. The summed E-state index contributed by atoms with van der Waals surface area (Å²) in [6, 6.07) is 9.24. The number of carbonyl (C=O) groups is 1. The van der Waals surface area contributed by atoms with Gasteiger partial charge in [-0.2, -0.15) is 0 Å². The van der Waals surface area contributed by atoms with Gasteiger partial charge in [-0.3, -0.25) is 4.90 Å². The molecule has 3 rings (SSSR count). The minimum atomic E-state index is -2.13. The second-order valence-corrected chi connectivity index (χ2v) is 15.9. The molecule has 2 aliphatic heterocycles. The molecule has 2 aliphatic rings. The molecule has 2 saturated heterocycles. The molecule has 8 heteroatoms. The van der Waals surface area contributed by atoms with E-state index in [4.69, 9.17) is 18.6 Å². The molecular formula is C25H41NO6Si. The smallest absolute Gasteiger partial charge is 0.410 e. The summed E-state index contributed by atoms with van der Waals surface area (Å²) in [5.41, 5.74) is 0.934. The Balaban J connectivity index is 1.87. The van der Waals surface area contributed by atoms with Gasteiger partial charge < -0.3 is 23.7 Å². The van der Waals surface area contributed by atoms with Crippen molar-refractivity contribution in [2.24, 2.45) is 0 Å². The summed E-state index contributed by atoms with van der Waals surface area (Å²) in [4.78, 5) is 15.0. The van der Waals surface area contributed by atoms with Gasteiger partial charge in [0.2, 0.25) is 0 Å². The van der Waals surface area contributed by atoms with Crippen LogP contribution in [0, 0.1) is 0 Å². The van der Waals surface area contributed by atoms with Crippen LogP contribution in [0.3, 0.4) is 0 Å². The number of aliphatic hydroxyl groups is 1. The Morgan fingerprint density at radius 1 is 1.21 bits per heavy atom. The standard InChI is InChI=1S/C25H41NO6Si/c1-24(2,3)33(6,7)32-19-14-11-15-26(23(28)29-17-18-12-9-8-10-13-18)21(19)22-20(16-27)30-25(4,5)31-22/h8-10,12-13,19-22,27H,11,14-17H2,1-7H3/t19-,20-,21-,22-/m1/s1. The average molecular weight is 480 g/mol. The van der Waals surface area contributed by atoms with Crippen LogP contribution in [-0.2, 0) is 25.2 Å². The normalized spacial score (nSPS) is 28.1. The van der Waals surface area contributed by atoms with E-state index in [-0.39, 0.29) is 24.4 Å². The monoisotopic (exact) mass is 479 g/mol. The molecule has 7 nitrogen and oxygen atoms in total. The first-order valence-electron chi connectivity index (χ1n) is 12.0. The van der Waals surface area contributed by atoms with Crippen molar-refractivity contribution in [1.29, 1.82) is 0 Å². The molecule has 0 saturated carbocycles. The van der Waals surface area contributed by atoms with Gasteiger partial charge in [-0.25, -0.2) is 4.79 Å². The third-order valence-corrected chi connectivity index (χ3v) is 11.6. The van der Waals surface area contributed by atoms with Gasteiger partial charge in [0, 0.05) is 6.54 Å². The van der Waals surface area contributed by atoms with Crippen LogP contribution >= 0.6 is 0 Å². The predicted molar refractivity (Wildman–Crippen MR) is 129 cm³/mol. The quantitative estimate of drug-likeness (QED) is 0.597. The highest BCUT2D eigenvalue weighted by Gasteiger charge is 2.53. The fourth-order valence-electron chi connectivity index (χ4n) is 4.37. The Hall–Kier alpha value is -1.45. The maximum atomic E-state index is 13.3. The van der Waals surface area contributed by atoms with E-state index in [9.17, 15) is 9.90 Å². The van der Waals surface area contributed by atoms with Crippen molar-refractivity contribution < 1.29 is 28.5 Å². The SMILES string of the molecule is CC1(C)O[C@@H]([C@H]2[C@H](O[Si](C)(C)C(C)(C)C)CCCN2C(=O)OCc2ccccc2)[C@@H](CO)O1. The Bertz CT molecular complexity index is 794. The van der Waals surface area contributed by atoms with Crippen LogP contribution in [-0.4, -0.2) is 67.7 Å². The molecule has 186 valence electrons. The molecule has 1 aromatic carbocycles. The van der Waals surface area contributed by atoms with E-state index in [0.29, 0.717) is 6.54 Å². The second-order valence-electron chi connectivity index (χ2n) is 11.1. The highest BCUT2D eigenvalue weighted by molar-refractivity contribution is 6.74. The number of piperidine rings is 1. The van der Waals surface area contributed by atoms with Crippen molar-refractivity contribution in [2.75, 3.05) is 13.2 Å². The zero-order chi connectivity index (χ0) is 24.4. The molecule has 0 aromatic heterocycles. The van der Waals surface area contributed by atoms with E-state index in [1.54, 1.807) is 4.90 Å². The fourth-order valence-corrected chi connectivity index (χ4v) is 5.73. The van der Waals surface area contributed by atoms with Gasteiger partial charge in [-0.05, 0) is 50.4 Å². The zero-order valence-corrected chi connectivity index (χ0v) is 22.2. The van der Waals surface area contributed by atoms with Crippen LogP contribution in [0.2, 0.25) is 18.1 Å². The first-order valence-corrected chi connectivity index (χ1v) is 14.9. The molecule has 0 bridgehead atoms. The van der Waals surface area contributed by atoms with E-state index < -0.39 is 38.4 Å². The lowest BCUT2D eigenvalue weighted by molar-refractivity contribution is -0.158. The van der Waals surface area contributed by atoms with Crippen LogP contribution < -0.4 is 0 Å². The summed E-state index contributed by atoms with van der Waals surface area (Å²) >= 11 is 0. The van der Waals surface area contributed by atoms with E-state index in [1.165, 1.54) is 0 Å². The summed E-state index contributed by atoms with van der Waals surface area (Å²) in [6.07, 6.45) is -0.0325. The largest absolute Gasteiger partial charge is 0.445 e. The molecule has 2 heterocycles. The Labute approximate surface area is 199 Å². The van der Waals surface area contributed by atoms with Gasteiger partial charge >= 0.3 is 6.09 Å². The number of hydrogen-bond donors (Lipinski definition) is 1. The Morgan fingerprint density at radius 2 is 1.88 bits per heavy atom. The number of benzene rings is 1. The van der Waals surface area contributed by atoms with Gasteiger partial charge in [0.25, 0.3) is 0 Å². The van der Waals surface area contributed by atoms with Crippen molar-refractivity contribution >= 4 is 14.4 Å². The predicted octanol–water partition coefficient (Wildman–Crippen LogP) is 4.69. The van der Waals surface area contributed by atoms with E-state index in [0.717, 1.165) is 18.4 Å². The van der Waals surface area contributed by atoms with Crippen LogP contribution in [0.15, 0.2) is 30.3 Å². The van der Waals surface area contributed by atoms with Crippen molar-refractivity contribution in [3.8, 4) is 0 Å². The lowest BCUT2D eigenvalue weighted by Crippen LogP contribution is -2.62. The summed E-state index contributed by atoms with van der Waals surface area (Å²) in [6.45, 7) is 15.3. The average Bonchev–Trinajstić information content (AvgIpc) is 3.05. The van der Waals surface area contributed by atoms with E-state index >= 15 is 0 Å². The number of likely N-dealkylation sites (tertiary alicyclic amines) is 1. The third-order valence-electron chi connectivity index (χ3n) is 7.06. The first-order chi connectivity index (χ1) is 15.3. The van der Waals surface area contributed by atoms with Crippen LogP contribution in [0.5, 0.6) is 0 Å². The topological polar surface area (TPSA) is 77.5 Å². The maximum absolute atomic E-state index is 13.3. The first kappa shape index (κ1) is 26.2. The summed E-state index contributed by atoms with van der Waals surface area (Å²) in [5, 5.41) is 10.1. The van der Waals surface area contributed by atoms with Crippen LogP contribution in [0.25, 0.3) is 0 Å². The van der Waals surface area contributed by atoms with Crippen molar-refractivity contribution in [3.63, 3.8) is 0 Å². The molecular weight excluding hydrogens is 438 g/mol. The fraction of sp³-hybridized carbons (Fsp3) is 0.720. The highest BCUT2D eigenvalue weighted by atomic mass is 28.4. The molecule has 4 atom stereocenters. The molecule has 0 aliphatic carbocycles. The van der Waals surface area contributed by atoms with Crippen molar-refractivity contribution in [2.45, 2.75) is 102 Å². The van der Waals surface area contributed by atoms with Gasteiger partial charge in [-0.15, -0.1) is 0 Å². The summed E-state index contributed by atoms with van der Waals surface area (Å²) in [7, 11) is -2.13. The Kier molecular flexibility index (Phi) is 7.96. The van der Waals surface area contributed by atoms with Crippen molar-refractivity contribution in [1.82, 2.24) is 4.90 Å². The summed E-state index contributed by atoms with van der Waals surface area (Å²) < 4.78 is 24.8. The van der Waals surface area contributed by atoms with Gasteiger partial charge in [0.05, 0.1) is 18.8 Å². The van der Waals surface area contributed by atoms with Crippen LogP contribution in [0.1, 0.15) is 53.0 Å².